The van der Waals surface area contributed by atoms with Crippen LogP contribution < -0.4 is 0 Å². The highest BCUT2D eigenvalue weighted by Crippen LogP contribution is 2.32. The Morgan fingerprint density at radius 2 is 2.25 bits per heavy atom. The number of pyridine rings is 1. The Morgan fingerprint density at radius 1 is 1.38 bits per heavy atom. The number of fused-ring (bicyclic) bond motifs is 1. The van der Waals surface area contributed by atoms with E-state index < -0.39 is 0 Å². The lowest BCUT2D eigenvalue weighted by molar-refractivity contribution is 0.658. The van der Waals surface area contributed by atoms with Crippen molar-refractivity contribution in [3.05, 3.63) is 34.1 Å². The van der Waals surface area contributed by atoms with Crippen LogP contribution in [0.15, 0.2) is 22.7 Å². The fourth-order valence-corrected chi connectivity index (χ4v) is 2.82. The SMILES string of the molecule is Cc1cccc(-c2nn3c(c2Br)CCC3)n1. The second kappa shape index (κ2) is 3.70. The molecule has 0 fully saturated rings. The van der Waals surface area contributed by atoms with Gasteiger partial charge in [-0.2, -0.15) is 5.10 Å². The summed E-state index contributed by atoms with van der Waals surface area (Å²) in [5, 5.41) is 4.61. The van der Waals surface area contributed by atoms with Gasteiger partial charge in [0.2, 0.25) is 0 Å². The predicted molar refractivity (Wildman–Crippen MR) is 66.2 cm³/mol. The normalized spacial score (nSPS) is 14.1. The van der Waals surface area contributed by atoms with E-state index in [0.717, 1.165) is 34.5 Å². The van der Waals surface area contributed by atoms with E-state index in [9.17, 15) is 0 Å². The van der Waals surface area contributed by atoms with Crippen molar-refractivity contribution < 1.29 is 0 Å². The van der Waals surface area contributed by atoms with Gasteiger partial charge in [-0.3, -0.25) is 9.67 Å². The summed E-state index contributed by atoms with van der Waals surface area (Å²) >= 11 is 3.64. The van der Waals surface area contributed by atoms with Crippen molar-refractivity contribution in [2.45, 2.75) is 26.3 Å². The third kappa shape index (κ3) is 1.48. The molecule has 0 spiro atoms. The summed E-state index contributed by atoms with van der Waals surface area (Å²) in [6, 6.07) is 6.03. The minimum atomic E-state index is 0.953. The molecule has 3 rings (SSSR count). The van der Waals surface area contributed by atoms with Crippen molar-refractivity contribution in [2.75, 3.05) is 0 Å². The summed E-state index contributed by atoms with van der Waals surface area (Å²) < 4.78 is 3.20. The molecule has 0 unspecified atom stereocenters. The smallest absolute Gasteiger partial charge is 0.125 e. The third-order valence-electron chi connectivity index (χ3n) is 2.91. The lowest BCUT2D eigenvalue weighted by Crippen LogP contribution is -1.95. The number of halogens is 1. The van der Waals surface area contributed by atoms with Gasteiger partial charge < -0.3 is 0 Å². The summed E-state index contributed by atoms with van der Waals surface area (Å²) in [7, 11) is 0. The van der Waals surface area contributed by atoms with Gasteiger partial charge in [0.25, 0.3) is 0 Å². The quantitative estimate of drug-likeness (QED) is 0.803. The molecule has 0 saturated heterocycles. The summed E-state index contributed by atoms with van der Waals surface area (Å²) in [5.41, 5.74) is 4.25. The van der Waals surface area contributed by atoms with Crippen molar-refractivity contribution in [3.8, 4) is 11.4 Å². The fourth-order valence-electron chi connectivity index (χ4n) is 2.13. The molecule has 0 aliphatic carbocycles. The topological polar surface area (TPSA) is 30.7 Å². The molecular weight excluding hydrogens is 266 g/mol. The van der Waals surface area contributed by atoms with Gasteiger partial charge in [-0.05, 0) is 47.8 Å². The van der Waals surface area contributed by atoms with Crippen LogP contribution in [0, 0.1) is 6.92 Å². The second-order valence-electron chi connectivity index (χ2n) is 4.10. The highest BCUT2D eigenvalue weighted by atomic mass is 79.9. The molecular formula is C12H12BrN3. The predicted octanol–water partition coefficient (Wildman–Crippen LogP) is 2.96. The Kier molecular flexibility index (Phi) is 2.32. The fraction of sp³-hybridized carbons (Fsp3) is 0.333. The van der Waals surface area contributed by atoms with Crippen LogP contribution in [-0.4, -0.2) is 14.8 Å². The largest absolute Gasteiger partial charge is 0.268 e. The molecule has 1 aliphatic rings. The molecule has 0 amide bonds. The summed E-state index contributed by atoms with van der Waals surface area (Å²) in [6.45, 7) is 3.03. The first-order chi connectivity index (χ1) is 7.75. The Morgan fingerprint density at radius 3 is 3.00 bits per heavy atom. The molecule has 1 aliphatic heterocycles. The molecule has 0 bridgehead atoms. The molecule has 3 heterocycles. The highest BCUT2D eigenvalue weighted by molar-refractivity contribution is 9.10. The van der Waals surface area contributed by atoms with Gasteiger partial charge in [0.15, 0.2) is 0 Å². The molecule has 0 radical (unpaired) electrons. The van der Waals surface area contributed by atoms with E-state index in [1.165, 1.54) is 12.1 Å². The maximum atomic E-state index is 4.61. The Hall–Kier alpha value is -1.16. The van der Waals surface area contributed by atoms with Crippen molar-refractivity contribution >= 4 is 15.9 Å². The number of rotatable bonds is 1. The second-order valence-corrected chi connectivity index (χ2v) is 4.89. The van der Waals surface area contributed by atoms with Gasteiger partial charge >= 0.3 is 0 Å². The molecule has 4 heteroatoms. The number of nitrogens with zero attached hydrogens (tertiary/aromatic N) is 3. The van der Waals surface area contributed by atoms with E-state index in [1.54, 1.807) is 0 Å². The van der Waals surface area contributed by atoms with Crippen molar-refractivity contribution in [1.29, 1.82) is 0 Å². The first kappa shape index (κ1) is 10.0. The summed E-state index contributed by atoms with van der Waals surface area (Å²) in [6.07, 6.45) is 2.31. The van der Waals surface area contributed by atoms with Crippen LogP contribution in [-0.2, 0) is 13.0 Å². The van der Waals surface area contributed by atoms with Gasteiger partial charge in [-0.15, -0.1) is 0 Å². The minimum Gasteiger partial charge on any atom is -0.268 e. The molecule has 2 aromatic heterocycles. The first-order valence-corrected chi connectivity index (χ1v) is 6.24. The standard InChI is InChI=1S/C12H12BrN3/c1-8-4-2-5-9(14-8)12-11(13)10-6-3-7-16(10)15-12/h2,4-5H,3,6-7H2,1H3. The number of hydrogen-bond donors (Lipinski definition) is 0. The van der Waals surface area contributed by atoms with E-state index in [0.29, 0.717) is 0 Å². The van der Waals surface area contributed by atoms with Crippen LogP contribution in [0.25, 0.3) is 11.4 Å². The molecule has 0 saturated carbocycles. The Balaban J connectivity index is 2.14. The van der Waals surface area contributed by atoms with Crippen LogP contribution in [0.1, 0.15) is 17.8 Å². The van der Waals surface area contributed by atoms with Crippen molar-refractivity contribution in [2.24, 2.45) is 0 Å². The third-order valence-corrected chi connectivity index (χ3v) is 3.74. The molecule has 82 valence electrons. The van der Waals surface area contributed by atoms with Crippen LogP contribution in [0.4, 0.5) is 0 Å². The van der Waals surface area contributed by atoms with Crippen molar-refractivity contribution in [3.63, 3.8) is 0 Å². The maximum Gasteiger partial charge on any atom is 0.125 e. The lowest BCUT2D eigenvalue weighted by atomic mass is 10.2. The van der Waals surface area contributed by atoms with Crippen molar-refractivity contribution in [1.82, 2.24) is 14.8 Å². The van der Waals surface area contributed by atoms with E-state index in [2.05, 4.69) is 30.7 Å². The molecule has 3 nitrogen and oxygen atoms in total. The van der Waals surface area contributed by atoms with Gasteiger partial charge in [0.05, 0.1) is 15.9 Å². The van der Waals surface area contributed by atoms with E-state index in [1.807, 2.05) is 25.1 Å². The zero-order valence-electron chi connectivity index (χ0n) is 9.07. The number of hydrogen-bond acceptors (Lipinski definition) is 2. The highest BCUT2D eigenvalue weighted by Gasteiger charge is 2.21. The Bertz CT molecular complexity index is 545. The number of aromatic nitrogens is 3. The van der Waals surface area contributed by atoms with Crippen LogP contribution in [0.2, 0.25) is 0 Å². The maximum absolute atomic E-state index is 4.61. The zero-order chi connectivity index (χ0) is 11.1. The van der Waals surface area contributed by atoms with E-state index >= 15 is 0 Å². The Labute approximate surface area is 103 Å². The van der Waals surface area contributed by atoms with Gasteiger partial charge in [-0.1, -0.05) is 6.07 Å². The summed E-state index contributed by atoms with van der Waals surface area (Å²) in [5.74, 6) is 0. The van der Waals surface area contributed by atoms with Crippen LogP contribution in [0.5, 0.6) is 0 Å². The van der Waals surface area contributed by atoms with Gasteiger partial charge in [0, 0.05) is 12.2 Å². The average Bonchev–Trinajstić information content (AvgIpc) is 2.82. The van der Waals surface area contributed by atoms with Crippen LogP contribution >= 0.6 is 15.9 Å². The molecule has 0 aromatic carbocycles. The van der Waals surface area contributed by atoms with Crippen LogP contribution in [0.3, 0.4) is 0 Å². The number of aryl methyl sites for hydroxylation is 2. The molecule has 0 N–H and O–H groups in total. The molecule has 2 aromatic rings. The van der Waals surface area contributed by atoms with Gasteiger partial charge in [-0.25, -0.2) is 0 Å². The monoisotopic (exact) mass is 277 g/mol. The van der Waals surface area contributed by atoms with E-state index in [-0.39, 0.29) is 0 Å². The zero-order valence-corrected chi connectivity index (χ0v) is 10.7. The summed E-state index contributed by atoms with van der Waals surface area (Å²) in [4.78, 5) is 4.51. The van der Waals surface area contributed by atoms with E-state index in [4.69, 9.17) is 0 Å². The minimum absolute atomic E-state index is 0.953. The van der Waals surface area contributed by atoms with Gasteiger partial charge in [0.1, 0.15) is 5.69 Å². The molecule has 16 heavy (non-hydrogen) atoms. The molecule has 0 atom stereocenters. The lowest BCUT2D eigenvalue weighted by Gasteiger charge is -1.99. The average molecular weight is 278 g/mol. The first-order valence-electron chi connectivity index (χ1n) is 5.45.